The quantitative estimate of drug-likeness (QED) is 0.877. The summed E-state index contributed by atoms with van der Waals surface area (Å²) in [5, 5.41) is 16.1. The number of nitrogens with zero attached hydrogens (tertiary/aromatic N) is 5. The Morgan fingerprint density at radius 3 is 3.00 bits per heavy atom. The van der Waals surface area contributed by atoms with Crippen molar-refractivity contribution < 1.29 is 0 Å². The molecular weight excluding hydrogens is 240 g/mol. The second-order valence-corrected chi connectivity index (χ2v) is 4.64. The molecule has 1 atom stereocenters. The van der Waals surface area contributed by atoms with Gasteiger partial charge in [0.15, 0.2) is 11.5 Å². The topological polar surface area (TPSA) is 81.5 Å². The zero-order chi connectivity index (χ0) is 13.1. The van der Waals surface area contributed by atoms with Crippen molar-refractivity contribution in [3.63, 3.8) is 0 Å². The third kappa shape index (κ3) is 2.27. The van der Waals surface area contributed by atoms with Crippen LogP contribution in [0.1, 0.15) is 30.1 Å². The van der Waals surface area contributed by atoms with E-state index >= 15 is 0 Å². The molecule has 0 aromatic carbocycles. The number of aromatic amines is 1. The molecule has 0 spiro atoms. The highest BCUT2D eigenvalue weighted by molar-refractivity contribution is 5.50. The first-order chi connectivity index (χ1) is 9.38. The molecule has 1 saturated heterocycles. The largest absolute Gasteiger partial charge is 0.354 e. The summed E-state index contributed by atoms with van der Waals surface area (Å²) in [6.45, 7) is 1.76. The minimum atomic E-state index is 0.396. The number of nitriles is 1. The van der Waals surface area contributed by atoms with E-state index in [0.29, 0.717) is 17.4 Å². The molecule has 1 aliphatic heterocycles. The van der Waals surface area contributed by atoms with Gasteiger partial charge in [-0.25, -0.2) is 9.97 Å². The van der Waals surface area contributed by atoms with Gasteiger partial charge in [0.05, 0.1) is 0 Å². The Morgan fingerprint density at radius 2 is 2.21 bits per heavy atom. The van der Waals surface area contributed by atoms with E-state index < -0.39 is 0 Å². The summed E-state index contributed by atoms with van der Waals surface area (Å²) in [5.41, 5.74) is 1.54. The summed E-state index contributed by atoms with van der Waals surface area (Å²) in [6.07, 6.45) is 7.16. The number of hydrogen-bond donors (Lipinski definition) is 1. The van der Waals surface area contributed by atoms with Gasteiger partial charge in [-0.3, -0.25) is 5.10 Å². The van der Waals surface area contributed by atoms with Crippen LogP contribution in [0, 0.1) is 11.3 Å². The molecule has 3 heterocycles. The van der Waals surface area contributed by atoms with Crippen LogP contribution in [0.3, 0.4) is 0 Å². The fourth-order valence-electron chi connectivity index (χ4n) is 2.56. The molecule has 0 amide bonds. The fourth-order valence-corrected chi connectivity index (χ4v) is 2.56. The number of nitrogens with one attached hydrogen (secondary N) is 1. The lowest BCUT2D eigenvalue weighted by Gasteiger charge is -2.33. The minimum Gasteiger partial charge on any atom is -0.354 e. The van der Waals surface area contributed by atoms with Crippen molar-refractivity contribution in [3.05, 3.63) is 36.0 Å². The third-order valence-corrected chi connectivity index (χ3v) is 3.47. The van der Waals surface area contributed by atoms with Crippen LogP contribution in [0.4, 0.5) is 5.82 Å². The van der Waals surface area contributed by atoms with E-state index in [1.165, 1.54) is 0 Å². The van der Waals surface area contributed by atoms with Crippen LogP contribution in [0.15, 0.2) is 24.7 Å². The Morgan fingerprint density at radius 1 is 1.32 bits per heavy atom. The molecule has 3 rings (SSSR count). The van der Waals surface area contributed by atoms with E-state index in [-0.39, 0.29) is 0 Å². The molecule has 2 aromatic rings. The molecule has 1 aliphatic rings. The first-order valence-corrected chi connectivity index (χ1v) is 6.34. The standard InChI is InChI=1S/C13H14N6/c14-8-12-13(16-6-5-15-12)19-7-1-2-10(9-19)11-3-4-17-18-11/h3-6,10H,1-2,7,9H2,(H,17,18). The second kappa shape index (κ2) is 5.06. The molecule has 0 radical (unpaired) electrons. The number of aromatic nitrogens is 4. The molecule has 96 valence electrons. The van der Waals surface area contributed by atoms with E-state index in [2.05, 4.69) is 31.1 Å². The normalized spacial score (nSPS) is 19.1. The van der Waals surface area contributed by atoms with E-state index in [4.69, 9.17) is 5.26 Å². The molecule has 19 heavy (non-hydrogen) atoms. The molecule has 6 nitrogen and oxygen atoms in total. The summed E-state index contributed by atoms with van der Waals surface area (Å²) in [7, 11) is 0. The fraction of sp³-hybridized carbons (Fsp3) is 0.385. The molecule has 2 aromatic heterocycles. The lowest BCUT2D eigenvalue weighted by atomic mass is 9.95. The van der Waals surface area contributed by atoms with Gasteiger partial charge in [-0.2, -0.15) is 10.4 Å². The van der Waals surface area contributed by atoms with Crippen molar-refractivity contribution >= 4 is 5.82 Å². The van der Waals surface area contributed by atoms with Gasteiger partial charge in [0.1, 0.15) is 6.07 Å². The maximum absolute atomic E-state index is 9.10. The van der Waals surface area contributed by atoms with Gasteiger partial charge < -0.3 is 4.90 Å². The highest BCUT2D eigenvalue weighted by Gasteiger charge is 2.24. The minimum absolute atomic E-state index is 0.396. The third-order valence-electron chi connectivity index (χ3n) is 3.47. The van der Waals surface area contributed by atoms with Crippen LogP contribution in [0.25, 0.3) is 0 Å². The summed E-state index contributed by atoms with van der Waals surface area (Å²) in [6, 6.07) is 4.12. The highest BCUT2D eigenvalue weighted by atomic mass is 15.2. The van der Waals surface area contributed by atoms with Crippen LogP contribution in [-0.2, 0) is 0 Å². The Bertz CT molecular complexity index is 585. The zero-order valence-corrected chi connectivity index (χ0v) is 10.5. The number of piperidine rings is 1. The summed E-state index contributed by atoms with van der Waals surface area (Å²) < 4.78 is 0. The molecule has 1 N–H and O–H groups in total. The molecular formula is C13H14N6. The van der Waals surface area contributed by atoms with E-state index in [9.17, 15) is 0 Å². The summed E-state index contributed by atoms with van der Waals surface area (Å²) in [5.74, 6) is 1.10. The first-order valence-electron chi connectivity index (χ1n) is 6.34. The number of hydrogen-bond acceptors (Lipinski definition) is 5. The lowest BCUT2D eigenvalue weighted by molar-refractivity contribution is 0.497. The van der Waals surface area contributed by atoms with Crippen molar-refractivity contribution in [3.8, 4) is 6.07 Å². The van der Waals surface area contributed by atoms with Gasteiger partial charge in [-0.15, -0.1) is 0 Å². The average molecular weight is 254 g/mol. The number of H-pyrrole nitrogens is 1. The van der Waals surface area contributed by atoms with Gasteiger partial charge in [-0.1, -0.05) is 0 Å². The van der Waals surface area contributed by atoms with Gasteiger partial charge in [0.2, 0.25) is 0 Å². The second-order valence-electron chi connectivity index (χ2n) is 4.64. The number of anilines is 1. The van der Waals surface area contributed by atoms with Gasteiger partial charge in [-0.05, 0) is 18.9 Å². The van der Waals surface area contributed by atoms with Crippen molar-refractivity contribution in [2.24, 2.45) is 0 Å². The molecule has 1 fully saturated rings. The Labute approximate surface area is 111 Å². The molecule has 0 saturated carbocycles. The predicted molar refractivity (Wildman–Crippen MR) is 69.5 cm³/mol. The Hall–Kier alpha value is -2.42. The van der Waals surface area contributed by atoms with Crippen LogP contribution in [0.2, 0.25) is 0 Å². The molecule has 0 aliphatic carbocycles. The maximum Gasteiger partial charge on any atom is 0.183 e. The smallest absolute Gasteiger partial charge is 0.183 e. The van der Waals surface area contributed by atoms with Gasteiger partial charge in [0.25, 0.3) is 0 Å². The maximum atomic E-state index is 9.10. The van der Waals surface area contributed by atoms with Crippen LogP contribution < -0.4 is 4.90 Å². The first kappa shape index (κ1) is 11.7. The van der Waals surface area contributed by atoms with Crippen molar-refractivity contribution in [1.82, 2.24) is 20.2 Å². The number of rotatable bonds is 2. The lowest BCUT2D eigenvalue weighted by Crippen LogP contribution is -2.35. The predicted octanol–water partition coefficient (Wildman–Crippen LogP) is 1.46. The van der Waals surface area contributed by atoms with Crippen molar-refractivity contribution in [2.75, 3.05) is 18.0 Å². The van der Waals surface area contributed by atoms with E-state index in [1.807, 2.05) is 6.07 Å². The van der Waals surface area contributed by atoms with Crippen molar-refractivity contribution in [1.29, 1.82) is 5.26 Å². The molecule has 0 bridgehead atoms. The average Bonchev–Trinajstić information content (AvgIpc) is 3.01. The van der Waals surface area contributed by atoms with E-state index in [1.54, 1.807) is 18.6 Å². The van der Waals surface area contributed by atoms with Crippen molar-refractivity contribution in [2.45, 2.75) is 18.8 Å². The molecule has 6 heteroatoms. The van der Waals surface area contributed by atoms with Gasteiger partial charge in [0, 0.05) is 43.3 Å². The highest BCUT2D eigenvalue weighted by Crippen LogP contribution is 2.28. The van der Waals surface area contributed by atoms with E-state index in [0.717, 1.165) is 31.6 Å². The summed E-state index contributed by atoms with van der Waals surface area (Å²) in [4.78, 5) is 10.5. The Kier molecular flexibility index (Phi) is 3.11. The molecule has 1 unspecified atom stereocenters. The summed E-state index contributed by atoms with van der Waals surface area (Å²) >= 11 is 0. The van der Waals surface area contributed by atoms with Crippen LogP contribution in [-0.4, -0.2) is 33.3 Å². The van der Waals surface area contributed by atoms with Crippen LogP contribution >= 0.6 is 0 Å². The van der Waals surface area contributed by atoms with Crippen LogP contribution in [0.5, 0.6) is 0 Å². The zero-order valence-electron chi connectivity index (χ0n) is 10.5. The van der Waals surface area contributed by atoms with Gasteiger partial charge >= 0.3 is 0 Å². The monoisotopic (exact) mass is 254 g/mol. The SMILES string of the molecule is N#Cc1nccnc1N1CCCC(c2ccn[nH]2)C1. The Balaban J connectivity index is 1.84.